The standard InChI is InChI=1S/C21H40O/c1-3-5-7-9-11-12-13-14-16-18-20-21(22)19-17-15-10-8-6-4-2/h21-22H,3-16,18,20H2,1-2H3. The van der Waals surface area contributed by atoms with Gasteiger partial charge in [0.2, 0.25) is 0 Å². The van der Waals surface area contributed by atoms with Gasteiger partial charge in [-0.1, -0.05) is 96.8 Å². The maximum absolute atomic E-state index is 9.80. The summed E-state index contributed by atoms with van der Waals surface area (Å²) in [6.45, 7) is 4.49. The fourth-order valence-electron chi connectivity index (χ4n) is 2.73. The van der Waals surface area contributed by atoms with Crippen molar-refractivity contribution in [3.8, 4) is 11.8 Å². The quantitative estimate of drug-likeness (QED) is 0.266. The van der Waals surface area contributed by atoms with Gasteiger partial charge < -0.3 is 5.11 Å². The lowest BCUT2D eigenvalue weighted by Crippen LogP contribution is -2.02. The van der Waals surface area contributed by atoms with Gasteiger partial charge in [0.1, 0.15) is 6.10 Å². The second-order valence-electron chi connectivity index (χ2n) is 6.62. The van der Waals surface area contributed by atoms with Crippen LogP contribution in [0, 0.1) is 11.8 Å². The van der Waals surface area contributed by atoms with Crippen molar-refractivity contribution in [2.45, 2.75) is 123 Å². The summed E-state index contributed by atoms with van der Waals surface area (Å²) in [5.74, 6) is 6.13. The molecule has 0 saturated carbocycles. The summed E-state index contributed by atoms with van der Waals surface area (Å²) in [5, 5.41) is 9.80. The molecule has 1 heteroatoms. The highest BCUT2D eigenvalue weighted by Crippen LogP contribution is 2.12. The molecule has 0 aromatic heterocycles. The summed E-state index contributed by atoms with van der Waals surface area (Å²) in [6.07, 6.45) is 19.9. The summed E-state index contributed by atoms with van der Waals surface area (Å²) in [6, 6.07) is 0. The van der Waals surface area contributed by atoms with Crippen LogP contribution in [0.25, 0.3) is 0 Å². The first-order chi connectivity index (χ1) is 10.8. The first kappa shape index (κ1) is 21.5. The van der Waals surface area contributed by atoms with Crippen LogP contribution >= 0.6 is 0 Å². The Kier molecular flexibility index (Phi) is 18.2. The van der Waals surface area contributed by atoms with E-state index in [0.717, 1.165) is 19.3 Å². The molecule has 0 bridgehead atoms. The molecule has 0 aromatic rings. The van der Waals surface area contributed by atoms with E-state index in [4.69, 9.17) is 0 Å². The smallest absolute Gasteiger partial charge is 0.114 e. The fraction of sp³-hybridized carbons (Fsp3) is 0.905. The van der Waals surface area contributed by atoms with Gasteiger partial charge in [-0.3, -0.25) is 0 Å². The van der Waals surface area contributed by atoms with E-state index in [1.807, 2.05) is 0 Å². The van der Waals surface area contributed by atoms with Crippen molar-refractivity contribution in [3.05, 3.63) is 0 Å². The molecule has 0 heterocycles. The zero-order valence-electron chi connectivity index (χ0n) is 15.3. The summed E-state index contributed by atoms with van der Waals surface area (Å²) < 4.78 is 0. The molecule has 1 atom stereocenters. The van der Waals surface area contributed by atoms with E-state index >= 15 is 0 Å². The van der Waals surface area contributed by atoms with Crippen LogP contribution in [0.4, 0.5) is 0 Å². The largest absolute Gasteiger partial charge is 0.380 e. The predicted octanol–water partition coefficient (Wildman–Crippen LogP) is 6.63. The van der Waals surface area contributed by atoms with Crippen molar-refractivity contribution in [1.82, 2.24) is 0 Å². The molecule has 0 rings (SSSR count). The molecule has 1 nitrogen and oxygen atoms in total. The molecule has 22 heavy (non-hydrogen) atoms. The van der Waals surface area contributed by atoms with Gasteiger partial charge >= 0.3 is 0 Å². The monoisotopic (exact) mass is 308 g/mol. The molecule has 0 aliphatic carbocycles. The molecule has 0 radical (unpaired) electrons. The lowest BCUT2D eigenvalue weighted by Gasteiger charge is -2.04. The van der Waals surface area contributed by atoms with Crippen LogP contribution in [0.3, 0.4) is 0 Å². The zero-order valence-corrected chi connectivity index (χ0v) is 15.3. The molecule has 0 aliphatic rings. The Bertz CT molecular complexity index is 261. The van der Waals surface area contributed by atoms with Gasteiger partial charge in [-0.05, 0) is 19.3 Å². The molecule has 0 saturated heterocycles. The Balaban J connectivity index is 3.24. The molecule has 0 amide bonds. The normalized spacial score (nSPS) is 12.0. The zero-order chi connectivity index (χ0) is 16.3. The molecule has 0 aliphatic heterocycles. The third kappa shape index (κ3) is 17.6. The van der Waals surface area contributed by atoms with Crippen molar-refractivity contribution in [3.63, 3.8) is 0 Å². The van der Waals surface area contributed by atoms with Gasteiger partial charge in [0.25, 0.3) is 0 Å². The van der Waals surface area contributed by atoms with E-state index < -0.39 is 0 Å². The van der Waals surface area contributed by atoms with Crippen LogP contribution in [0.2, 0.25) is 0 Å². The maximum atomic E-state index is 9.80. The molecule has 1 N–H and O–H groups in total. The Labute approximate surface area is 140 Å². The molecule has 130 valence electrons. The van der Waals surface area contributed by atoms with Gasteiger partial charge in [0, 0.05) is 6.42 Å². The Morgan fingerprint density at radius 1 is 0.636 bits per heavy atom. The highest BCUT2D eigenvalue weighted by molar-refractivity contribution is 5.04. The Morgan fingerprint density at radius 2 is 1.09 bits per heavy atom. The number of hydrogen-bond acceptors (Lipinski definition) is 1. The van der Waals surface area contributed by atoms with Gasteiger partial charge in [-0.15, -0.1) is 5.92 Å². The lowest BCUT2D eigenvalue weighted by molar-refractivity contribution is 0.217. The van der Waals surface area contributed by atoms with E-state index in [-0.39, 0.29) is 6.10 Å². The van der Waals surface area contributed by atoms with E-state index in [2.05, 4.69) is 25.7 Å². The lowest BCUT2D eigenvalue weighted by atomic mass is 10.0. The Hall–Kier alpha value is -0.480. The van der Waals surface area contributed by atoms with E-state index in [9.17, 15) is 5.11 Å². The van der Waals surface area contributed by atoms with Crippen LogP contribution < -0.4 is 0 Å². The van der Waals surface area contributed by atoms with Gasteiger partial charge in [0.15, 0.2) is 0 Å². The van der Waals surface area contributed by atoms with Crippen molar-refractivity contribution >= 4 is 0 Å². The third-order valence-electron chi connectivity index (χ3n) is 4.26. The summed E-state index contributed by atoms with van der Waals surface area (Å²) in [7, 11) is 0. The van der Waals surface area contributed by atoms with Crippen LogP contribution in [-0.2, 0) is 0 Å². The van der Waals surface area contributed by atoms with Crippen molar-refractivity contribution < 1.29 is 5.11 Å². The average Bonchev–Trinajstić information content (AvgIpc) is 2.52. The number of hydrogen-bond donors (Lipinski definition) is 1. The van der Waals surface area contributed by atoms with Crippen LogP contribution in [0.5, 0.6) is 0 Å². The maximum Gasteiger partial charge on any atom is 0.114 e. The molecular formula is C21H40O. The van der Waals surface area contributed by atoms with Crippen molar-refractivity contribution in [2.24, 2.45) is 0 Å². The Morgan fingerprint density at radius 3 is 1.64 bits per heavy atom. The van der Waals surface area contributed by atoms with Gasteiger partial charge in [0.05, 0.1) is 0 Å². The first-order valence-electron chi connectivity index (χ1n) is 9.97. The minimum Gasteiger partial charge on any atom is -0.380 e. The SMILES string of the molecule is CCCCCCC#CC(O)CCCCCCCCCCCC. The molecule has 0 spiro atoms. The minimum absolute atomic E-state index is 0.389. The second-order valence-corrected chi connectivity index (χ2v) is 6.62. The highest BCUT2D eigenvalue weighted by Gasteiger charge is 1.99. The number of aliphatic hydroxyl groups excluding tert-OH is 1. The third-order valence-corrected chi connectivity index (χ3v) is 4.26. The number of unbranched alkanes of at least 4 members (excludes halogenated alkanes) is 13. The predicted molar refractivity (Wildman–Crippen MR) is 99.0 cm³/mol. The average molecular weight is 309 g/mol. The summed E-state index contributed by atoms with van der Waals surface area (Å²) >= 11 is 0. The molecule has 0 aromatic carbocycles. The fourth-order valence-corrected chi connectivity index (χ4v) is 2.73. The van der Waals surface area contributed by atoms with Crippen LogP contribution in [0.15, 0.2) is 0 Å². The van der Waals surface area contributed by atoms with E-state index in [1.54, 1.807) is 0 Å². The van der Waals surface area contributed by atoms with E-state index in [0.29, 0.717) is 0 Å². The topological polar surface area (TPSA) is 20.2 Å². The highest BCUT2D eigenvalue weighted by atomic mass is 16.3. The van der Waals surface area contributed by atoms with Crippen LogP contribution in [0.1, 0.15) is 117 Å². The number of rotatable bonds is 15. The second kappa shape index (κ2) is 18.6. The van der Waals surface area contributed by atoms with Crippen LogP contribution in [-0.4, -0.2) is 11.2 Å². The molecule has 1 unspecified atom stereocenters. The van der Waals surface area contributed by atoms with E-state index in [1.165, 1.54) is 83.5 Å². The minimum atomic E-state index is -0.389. The molecule has 0 fully saturated rings. The van der Waals surface area contributed by atoms with Crippen molar-refractivity contribution in [2.75, 3.05) is 0 Å². The molecular weight excluding hydrogens is 268 g/mol. The van der Waals surface area contributed by atoms with Crippen molar-refractivity contribution in [1.29, 1.82) is 0 Å². The van der Waals surface area contributed by atoms with Gasteiger partial charge in [-0.25, -0.2) is 0 Å². The van der Waals surface area contributed by atoms with Gasteiger partial charge in [-0.2, -0.15) is 0 Å². The first-order valence-corrected chi connectivity index (χ1v) is 9.97. The summed E-state index contributed by atoms with van der Waals surface area (Å²) in [5.41, 5.74) is 0. The number of aliphatic hydroxyl groups is 1. The summed E-state index contributed by atoms with van der Waals surface area (Å²) in [4.78, 5) is 0.